The second kappa shape index (κ2) is 5.83. The van der Waals surface area contributed by atoms with Gasteiger partial charge in [0.05, 0.1) is 0 Å². The van der Waals surface area contributed by atoms with Gasteiger partial charge in [-0.15, -0.1) is 12.4 Å². The number of piperazine rings is 1. The fraction of sp³-hybridized carbons (Fsp3) is 0.500. The van der Waals surface area contributed by atoms with E-state index in [-0.39, 0.29) is 35.9 Å². The van der Waals surface area contributed by atoms with Gasteiger partial charge in [0.1, 0.15) is 0 Å². The van der Waals surface area contributed by atoms with Gasteiger partial charge in [0.15, 0.2) is 5.69 Å². The number of nitro groups is 1. The fourth-order valence-corrected chi connectivity index (χ4v) is 1.91. The monoisotopic (exact) mass is 274 g/mol. The first kappa shape index (κ1) is 14.5. The molecule has 1 saturated heterocycles. The first-order valence-electron chi connectivity index (χ1n) is 5.44. The van der Waals surface area contributed by atoms with Crippen LogP contribution < -0.4 is 5.32 Å². The Bertz CT molecular complexity index is 448. The minimum atomic E-state index is -0.544. The lowest BCUT2D eigenvalue weighted by Gasteiger charge is -2.33. The predicted octanol–water partition coefficient (Wildman–Crippen LogP) is 0.779. The van der Waals surface area contributed by atoms with Crippen molar-refractivity contribution in [2.45, 2.75) is 13.0 Å². The smallest absolute Gasteiger partial charge is 0.321 e. The van der Waals surface area contributed by atoms with Crippen LogP contribution >= 0.6 is 12.4 Å². The maximum atomic E-state index is 12.1. The number of halogens is 1. The van der Waals surface area contributed by atoms with Crippen molar-refractivity contribution in [3.8, 4) is 0 Å². The fourth-order valence-electron chi connectivity index (χ4n) is 1.91. The molecule has 18 heavy (non-hydrogen) atoms. The lowest BCUT2D eigenvalue weighted by molar-refractivity contribution is -0.389. The Morgan fingerprint density at radius 3 is 2.83 bits per heavy atom. The van der Waals surface area contributed by atoms with Crippen LogP contribution in [0.4, 0.5) is 5.82 Å². The lowest BCUT2D eigenvalue weighted by Crippen LogP contribution is -2.52. The summed E-state index contributed by atoms with van der Waals surface area (Å²) in [6.45, 7) is 4.06. The van der Waals surface area contributed by atoms with Crippen LogP contribution in [0.25, 0.3) is 0 Å². The third-order valence-electron chi connectivity index (χ3n) is 2.86. The Kier molecular flexibility index (Phi) is 4.69. The van der Waals surface area contributed by atoms with E-state index in [1.807, 2.05) is 6.92 Å². The maximum absolute atomic E-state index is 12.1. The lowest BCUT2D eigenvalue weighted by atomic mass is 10.2. The van der Waals surface area contributed by atoms with Crippen molar-refractivity contribution in [3.05, 3.63) is 27.9 Å². The molecule has 8 heteroatoms. The van der Waals surface area contributed by atoms with E-state index < -0.39 is 4.92 Å². The molecule has 0 bridgehead atoms. The highest BCUT2D eigenvalue weighted by atomic mass is 35.5. The molecule has 0 spiro atoms. The van der Waals surface area contributed by atoms with Crippen molar-refractivity contribution in [2.75, 3.05) is 19.6 Å². The number of nitrogens with one attached hydrogen (secondary N) is 2. The van der Waals surface area contributed by atoms with Crippen LogP contribution in [0.2, 0.25) is 0 Å². The molecule has 1 aliphatic rings. The number of aromatic amines is 1. The van der Waals surface area contributed by atoms with E-state index in [1.54, 1.807) is 4.90 Å². The average Bonchev–Trinajstić information content (AvgIpc) is 2.78. The molecule has 0 saturated carbocycles. The third kappa shape index (κ3) is 2.80. The zero-order valence-corrected chi connectivity index (χ0v) is 10.7. The van der Waals surface area contributed by atoms with Gasteiger partial charge in [-0.2, -0.15) is 0 Å². The molecular formula is C10H15ClN4O3. The van der Waals surface area contributed by atoms with Crippen molar-refractivity contribution in [2.24, 2.45) is 0 Å². The molecule has 1 unspecified atom stereocenters. The molecule has 2 N–H and O–H groups in total. The molecule has 1 aromatic rings. The summed E-state index contributed by atoms with van der Waals surface area (Å²) in [5.74, 6) is -0.344. The molecule has 1 aromatic heterocycles. The summed E-state index contributed by atoms with van der Waals surface area (Å²) in [6.07, 6.45) is 0. The molecule has 1 atom stereocenters. The maximum Gasteiger partial charge on any atom is 0.321 e. The Morgan fingerprint density at radius 1 is 1.56 bits per heavy atom. The highest BCUT2D eigenvalue weighted by molar-refractivity contribution is 5.93. The second-order valence-corrected chi connectivity index (χ2v) is 4.07. The van der Waals surface area contributed by atoms with Crippen molar-refractivity contribution < 1.29 is 9.72 Å². The van der Waals surface area contributed by atoms with Crippen LogP contribution in [0.3, 0.4) is 0 Å². The first-order chi connectivity index (χ1) is 8.09. The Morgan fingerprint density at radius 2 is 2.28 bits per heavy atom. The van der Waals surface area contributed by atoms with Gasteiger partial charge in [0.25, 0.3) is 5.91 Å². The van der Waals surface area contributed by atoms with E-state index >= 15 is 0 Å². The van der Waals surface area contributed by atoms with Crippen LogP contribution in [-0.2, 0) is 0 Å². The highest BCUT2D eigenvalue weighted by Gasteiger charge is 2.27. The number of hydrogen-bond acceptors (Lipinski definition) is 4. The van der Waals surface area contributed by atoms with Gasteiger partial charge in [0, 0.05) is 31.7 Å². The number of amides is 1. The normalized spacial score (nSPS) is 19.2. The number of nitrogens with zero attached hydrogens (tertiary/aromatic N) is 2. The second-order valence-electron chi connectivity index (χ2n) is 4.07. The Hall–Kier alpha value is -1.60. The van der Waals surface area contributed by atoms with Gasteiger partial charge in [-0.1, -0.05) is 0 Å². The van der Waals surface area contributed by atoms with Gasteiger partial charge in [-0.3, -0.25) is 4.79 Å². The van der Waals surface area contributed by atoms with E-state index in [0.29, 0.717) is 6.54 Å². The van der Waals surface area contributed by atoms with Crippen LogP contribution in [0, 0.1) is 10.1 Å². The van der Waals surface area contributed by atoms with E-state index in [0.717, 1.165) is 13.1 Å². The SMILES string of the molecule is CC1CNCCN1C(=O)c1ccc([N+](=O)[O-])[nH]1.Cl. The molecule has 1 amide bonds. The summed E-state index contributed by atoms with van der Waals surface area (Å²) in [5, 5.41) is 13.7. The quantitative estimate of drug-likeness (QED) is 0.616. The zero-order chi connectivity index (χ0) is 12.4. The van der Waals surface area contributed by atoms with Gasteiger partial charge in [-0.25, -0.2) is 4.98 Å². The third-order valence-corrected chi connectivity index (χ3v) is 2.86. The van der Waals surface area contributed by atoms with Crippen LogP contribution in [0.15, 0.2) is 12.1 Å². The standard InChI is InChI=1S/C10H14N4O3.ClH/c1-7-6-11-4-5-13(7)10(15)8-2-3-9(12-8)14(16)17;/h2-3,7,11-12H,4-6H2,1H3;1H. The molecule has 2 heterocycles. The van der Waals surface area contributed by atoms with Crippen LogP contribution in [0.1, 0.15) is 17.4 Å². The molecular weight excluding hydrogens is 260 g/mol. The van der Waals surface area contributed by atoms with E-state index in [9.17, 15) is 14.9 Å². The van der Waals surface area contributed by atoms with Crippen molar-refractivity contribution in [1.82, 2.24) is 15.2 Å². The highest BCUT2D eigenvalue weighted by Crippen LogP contribution is 2.14. The molecule has 2 rings (SSSR count). The first-order valence-corrected chi connectivity index (χ1v) is 5.44. The largest absolute Gasteiger partial charge is 0.358 e. The number of carbonyl (C=O) groups is 1. The van der Waals surface area contributed by atoms with Gasteiger partial charge in [0.2, 0.25) is 0 Å². The summed E-state index contributed by atoms with van der Waals surface area (Å²) in [6, 6.07) is 2.86. The molecule has 0 radical (unpaired) electrons. The molecule has 1 fully saturated rings. The summed E-state index contributed by atoms with van der Waals surface area (Å²) < 4.78 is 0. The topological polar surface area (TPSA) is 91.3 Å². The number of aromatic nitrogens is 1. The van der Waals surface area contributed by atoms with Crippen LogP contribution in [-0.4, -0.2) is 46.4 Å². The number of hydrogen-bond donors (Lipinski definition) is 2. The minimum absolute atomic E-state index is 0. The number of rotatable bonds is 2. The summed E-state index contributed by atoms with van der Waals surface area (Å²) in [4.78, 5) is 26.3. The van der Waals surface area contributed by atoms with Crippen LogP contribution in [0.5, 0.6) is 0 Å². The van der Waals surface area contributed by atoms with Crippen molar-refractivity contribution >= 4 is 24.1 Å². The van der Waals surface area contributed by atoms with Gasteiger partial charge in [-0.05, 0) is 17.9 Å². The minimum Gasteiger partial charge on any atom is -0.358 e. The molecule has 0 aromatic carbocycles. The number of H-pyrrole nitrogens is 1. The van der Waals surface area contributed by atoms with Gasteiger partial charge >= 0.3 is 5.82 Å². The average molecular weight is 275 g/mol. The van der Waals surface area contributed by atoms with E-state index in [4.69, 9.17) is 0 Å². The summed E-state index contributed by atoms with van der Waals surface area (Å²) in [7, 11) is 0. The van der Waals surface area contributed by atoms with Gasteiger partial charge < -0.3 is 20.3 Å². The number of carbonyl (C=O) groups excluding carboxylic acids is 1. The summed E-state index contributed by atoms with van der Waals surface area (Å²) >= 11 is 0. The Labute approximate surface area is 110 Å². The van der Waals surface area contributed by atoms with Crippen molar-refractivity contribution in [1.29, 1.82) is 0 Å². The molecule has 7 nitrogen and oxygen atoms in total. The van der Waals surface area contributed by atoms with E-state index in [2.05, 4.69) is 10.3 Å². The Balaban J connectivity index is 0.00000162. The van der Waals surface area contributed by atoms with Crippen molar-refractivity contribution in [3.63, 3.8) is 0 Å². The molecule has 1 aliphatic heterocycles. The van der Waals surface area contributed by atoms with E-state index in [1.165, 1.54) is 12.1 Å². The summed E-state index contributed by atoms with van der Waals surface area (Å²) in [5.41, 5.74) is 0.269. The zero-order valence-electron chi connectivity index (χ0n) is 9.88. The molecule has 100 valence electrons. The predicted molar refractivity (Wildman–Crippen MR) is 68.1 cm³/mol. The molecule has 0 aliphatic carbocycles.